The van der Waals surface area contributed by atoms with E-state index < -0.39 is 0 Å². The van der Waals surface area contributed by atoms with E-state index in [1.54, 1.807) is 0 Å². The molecule has 328 valence electrons. The topological polar surface area (TPSA) is 6.48 Å². The standard InChI is InChI=1S/C66H42N2S2/c1-5-19-45(20-6-1)67(46-21-7-2-8-22-46)59-39-37-49(51-27-13-15-29-53(51)59)43-33-35-57-61(41-43)69-65-63(57)55-31-17-18-32-56(55)64-58-36-34-44(42-62(58)70-66(64)65)50-38-40-60(54-30-16-14-28-52(50)54)68(47-23-9-3-10-24-47)48-25-11-4-12-26-48/h1-42H. The van der Waals surface area contributed by atoms with Crippen molar-refractivity contribution in [2.45, 2.75) is 0 Å². The van der Waals surface area contributed by atoms with E-state index in [1.807, 2.05) is 22.7 Å². The van der Waals surface area contributed by atoms with Gasteiger partial charge < -0.3 is 9.80 Å². The first-order valence-corrected chi connectivity index (χ1v) is 25.5. The summed E-state index contributed by atoms with van der Waals surface area (Å²) in [6, 6.07) is 93.1. The molecule has 2 aromatic heterocycles. The number of hydrogen-bond donors (Lipinski definition) is 0. The van der Waals surface area contributed by atoms with Crippen LogP contribution in [0.5, 0.6) is 0 Å². The van der Waals surface area contributed by atoms with Gasteiger partial charge in [-0.05, 0) is 117 Å². The lowest BCUT2D eigenvalue weighted by molar-refractivity contribution is 1.30. The van der Waals surface area contributed by atoms with Crippen LogP contribution >= 0.6 is 22.7 Å². The zero-order valence-electron chi connectivity index (χ0n) is 38.0. The van der Waals surface area contributed by atoms with E-state index >= 15 is 0 Å². The van der Waals surface area contributed by atoms with Crippen molar-refractivity contribution in [3.8, 4) is 22.3 Å². The third kappa shape index (κ3) is 6.53. The van der Waals surface area contributed by atoms with Gasteiger partial charge in [0.2, 0.25) is 0 Å². The van der Waals surface area contributed by atoms with Crippen molar-refractivity contribution < 1.29 is 0 Å². The molecule has 14 aromatic rings. The second-order valence-electron chi connectivity index (χ2n) is 17.9. The molecule has 0 fully saturated rings. The lowest BCUT2D eigenvalue weighted by atomic mass is 9.94. The van der Waals surface area contributed by atoms with Gasteiger partial charge in [-0.15, -0.1) is 22.7 Å². The molecule has 2 heterocycles. The molecule has 0 aliphatic carbocycles. The van der Waals surface area contributed by atoms with Gasteiger partial charge in [0.25, 0.3) is 0 Å². The van der Waals surface area contributed by atoms with Crippen LogP contribution in [0.1, 0.15) is 0 Å². The first-order valence-electron chi connectivity index (χ1n) is 23.8. The number of fused-ring (bicyclic) bond motifs is 12. The molecule has 4 heteroatoms. The molecular weight excluding hydrogens is 885 g/mol. The van der Waals surface area contributed by atoms with Crippen LogP contribution in [0, 0.1) is 0 Å². The predicted octanol–water partition coefficient (Wildman–Crippen LogP) is 20.2. The van der Waals surface area contributed by atoms with Crippen LogP contribution in [0.2, 0.25) is 0 Å². The first kappa shape index (κ1) is 40.5. The highest BCUT2D eigenvalue weighted by molar-refractivity contribution is 7.33. The molecule has 0 aliphatic heterocycles. The van der Waals surface area contributed by atoms with Gasteiger partial charge in [0, 0.05) is 64.5 Å². The molecular formula is C66H42N2S2. The Balaban J connectivity index is 0.911. The molecule has 0 radical (unpaired) electrons. The molecule has 14 rings (SSSR count). The lowest BCUT2D eigenvalue weighted by Crippen LogP contribution is -2.10. The fraction of sp³-hybridized carbons (Fsp3) is 0. The van der Waals surface area contributed by atoms with Crippen molar-refractivity contribution >= 4 is 129 Å². The zero-order chi connectivity index (χ0) is 46.1. The molecule has 0 aliphatic rings. The van der Waals surface area contributed by atoms with E-state index in [0.29, 0.717) is 0 Å². The number of para-hydroxylation sites is 4. The molecule has 0 saturated heterocycles. The van der Waals surface area contributed by atoms with Crippen molar-refractivity contribution in [3.05, 3.63) is 255 Å². The second kappa shape index (κ2) is 16.6. The van der Waals surface area contributed by atoms with Crippen LogP contribution in [0.3, 0.4) is 0 Å². The molecule has 0 spiro atoms. The van der Waals surface area contributed by atoms with Crippen LogP contribution in [-0.2, 0) is 0 Å². The number of anilines is 6. The van der Waals surface area contributed by atoms with E-state index in [-0.39, 0.29) is 0 Å². The minimum Gasteiger partial charge on any atom is -0.310 e. The summed E-state index contributed by atoms with van der Waals surface area (Å²) in [5.74, 6) is 0. The molecule has 70 heavy (non-hydrogen) atoms. The van der Waals surface area contributed by atoms with Crippen LogP contribution < -0.4 is 9.80 Å². The minimum atomic E-state index is 1.13. The highest BCUT2D eigenvalue weighted by atomic mass is 32.1. The SMILES string of the molecule is c1ccc(N(c2ccccc2)c2ccc(-c3ccc4c(c3)sc3c5sc6cc(-c7ccc(N(c8ccccc8)c8ccccc8)c8ccccc78)ccc6c5c5ccccc5c43)c3ccccc23)cc1. The van der Waals surface area contributed by atoms with Crippen LogP contribution in [0.15, 0.2) is 255 Å². The van der Waals surface area contributed by atoms with Crippen LogP contribution in [0.4, 0.5) is 34.1 Å². The number of benzene rings is 12. The van der Waals surface area contributed by atoms with Gasteiger partial charge in [-0.25, -0.2) is 0 Å². The highest BCUT2D eigenvalue weighted by Gasteiger charge is 2.22. The summed E-state index contributed by atoms with van der Waals surface area (Å²) in [4.78, 5) is 4.74. The Labute approximate surface area is 413 Å². The summed E-state index contributed by atoms with van der Waals surface area (Å²) < 4.78 is 5.33. The van der Waals surface area contributed by atoms with Gasteiger partial charge in [0.1, 0.15) is 0 Å². The van der Waals surface area contributed by atoms with Crippen molar-refractivity contribution in [1.82, 2.24) is 0 Å². The van der Waals surface area contributed by atoms with Crippen molar-refractivity contribution in [3.63, 3.8) is 0 Å². The van der Waals surface area contributed by atoms with E-state index in [2.05, 4.69) is 265 Å². The maximum absolute atomic E-state index is 2.44. The van der Waals surface area contributed by atoms with E-state index in [4.69, 9.17) is 0 Å². The summed E-state index contributed by atoms with van der Waals surface area (Å²) in [7, 11) is 0. The van der Waals surface area contributed by atoms with Crippen molar-refractivity contribution in [1.29, 1.82) is 0 Å². The average Bonchev–Trinajstić information content (AvgIpc) is 4.02. The highest BCUT2D eigenvalue weighted by Crippen LogP contribution is 2.51. The Morgan fingerprint density at radius 3 is 0.914 bits per heavy atom. The predicted molar refractivity (Wildman–Crippen MR) is 305 cm³/mol. The molecule has 0 unspecified atom stereocenters. The lowest BCUT2D eigenvalue weighted by Gasteiger charge is -2.27. The number of thiophene rings is 2. The maximum Gasteiger partial charge on any atom is 0.0540 e. The quantitative estimate of drug-likeness (QED) is 0.150. The third-order valence-electron chi connectivity index (χ3n) is 14.0. The van der Waals surface area contributed by atoms with Crippen LogP contribution in [0.25, 0.3) is 94.9 Å². The Bertz CT molecular complexity index is 3940. The summed E-state index contributed by atoms with van der Waals surface area (Å²) in [6.07, 6.45) is 0. The van der Waals surface area contributed by atoms with E-state index in [1.165, 1.54) is 94.9 Å². The fourth-order valence-electron chi connectivity index (χ4n) is 10.9. The van der Waals surface area contributed by atoms with Gasteiger partial charge in [-0.3, -0.25) is 0 Å². The number of hydrogen-bond acceptors (Lipinski definition) is 4. The van der Waals surface area contributed by atoms with Crippen LogP contribution in [-0.4, -0.2) is 0 Å². The molecule has 0 saturated carbocycles. The molecule has 12 aromatic carbocycles. The van der Waals surface area contributed by atoms with Gasteiger partial charge in [-0.1, -0.05) is 182 Å². The number of rotatable bonds is 8. The smallest absolute Gasteiger partial charge is 0.0540 e. The Morgan fingerprint density at radius 1 is 0.243 bits per heavy atom. The second-order valence-corrected chi connectivity index (χ2v) is 20.1. The summed E-state index contributed by atoms with van der Waals surface area (Å²) in [5, 5.41) is 12.9. The Kier molecular flexibility index (Phi) is 9.61. The summed E-state index contributed by atoms with van der Waals surface area (Å²) in [5.41, 5.74) is 11.8. The molecule has 0 bridgehead atoms. The van der Waals surface area contributed by atoms with Gasteiger partial charge in [-0.2, -0.15) is 0 Å². The molecule has 0 amide bonds. The third-order valence-corrected chi connectivity index (χ3v) is 16.5. The van der Waals surface area contributed by atoms with Gasteiger partial charge >= 0.3 is 0 Å². The van der Waals surface area contributed by atoms with E-state index in [0.717, 1.165) is 34.1 Å². The normalized spacial score (nSPS) is 11.7. The fourth-order valence-corrected chi connectivity index (χ4v) is 13.6. The maximum atomic E-state index is 2.44. The Morgan fingerprint density at radius 2 is 0.557 bits per heavy atom. The van der Waals surface area contributed by atoms with Crippen molar-refractivity contribution in [2.75, 3.05) is 9.80 Å². The first-order chi connectivity index (χ1) is 34.7. The van der Waals surface area contributed by atoms with Gasteiger partial charge in [0.05, 0.1) is 20.8 Å². The van der Waals surface area contributed by atoms with Gasteiger partial charge in [0.15, 0.2) is 0 Å². The largest absolute Gasteiger partial charge is 0.310 e. The molecule has 2 nitrogen and oxygen atoms in total. The minimum absolute atomic E-state index is 1.13. The number of nitrogens with zero attached hydrogens (tertiary/aromatic N) is 2. The molecule has 0 atom stereocenters. The zero-order valence-corrected chi connectivity index (χ0v) is 39.6. The summed E-state index contributed by atoms with van der Waals surface area (Å²) >= 11 is 3.88. The van der Waals surface area contributed by atoms with Crippen molar-refractivity contribution in [2.24, 2.45) is 0 Å². The molecule has 0 N–H and O–H groups in total. The van der Waals surface area contributed by atoms with E-state index in [9.17, 15) is 0 Å². The Hall–Kier alpha value is -8.54. The monoisotopic (exact) mass is 926 g/mol. The summed E-state index contributed by atoms with van der Waals surface area (Å²) in [6.45, 7) is 0. The average molecular weight is 927 g/mol.